The molecule has 0 unspecified atom stereocenters. The van der Waals surface area contributed by atoms with Crippen LogP contribution in [0.3, 0.4) is 0 Å². The molecule has 0 saturated carbocycles. The molecule has 5 rings (SSSR count). The molecule has 0 radical (unpaired) electrons. The molecule has 34 heavy (non-hydrogen) atoms. The summed E-state index contributed by atoms with van der Waals surface area (Å²) >= 11 is 0. The van der Waals surface area contributed by atoms with Crippen LogP contribution < -0.4 is 0 Å². The van der Waals surface area contributed by atoms with E-state index >= 15 is 0 Å². The average Bonchev–Trinajstić information content (AvgIpc) is 2.87. The first-order valence-corrected chi connectivity index (χ1v) is 12.0. The normalized spacial score (nSPS) is 11.6. The molecule has 0 aliphatic carbocycles. The van der Waals surface area contributed by atoms with E-state index in [0.717, 1.165) is 26.2 Å². The van der Waals surface area contributed by atoms with Crippen LogP contribution in [0.4, 0.5) is 0 Å². The fourth-order valence-corrected chi connectivity index (χ4v) is 5.09. The maximum atomic E-state index is 2.42. The highest BCUT2D eigenvalue weighted by atomic mass is 15.1. The van der Waals surface area contributed by atoms with E-state index in [1.165, 1.54) is 43.8 Å². The van der Waals surface area contributed by atoms with Crippen molar-refractivity contribution in [3.8, 4) is 0 Å². The molecule has 0 saturated heterocycles. The SMILES string of the molecule is CN(Cc1ccccc1)Cc1c2ccccc2c(CN(C)Cc2ccccc2)c2ccccc12. The van der Waals surface area contributed by atoms with Gasteiger partial charge in [-0.2, -0.15) is 0 Å². The van der Waals surface area contributed by atoms with Crippen LogP contribution in [0, 0.1) is 0 Å². The highest BCUT2D eigenvalue weighted by molar-refractivity contribution is 6.05. The third-order valence-electron chi connectivity index (χ3n) is 6.60. The van der Waals surface area contributed by atoms with Gasteiger partial charge in [0.15, 0.2) is 0 Å². The zero-order valence-electron chi connectivity index (χ0n) is 20.1. The largest absolute Gasteiger partial charge is 0.298 e. The molecular weight excluding hydrogens is 412 g/mol. The van der Waals surface area contributed by atoms with E-state index in [1.54, 1.807) is 0 Å². The van der Waals surface area contributed by atoms with Crippen molar-refractivity contribution in [1.29, 1.82) is 0 Å². The molecule has 0 aromatic heterocycles. The zero-order valence-corrected chi connectivity index (χ0v) is 20.1. The average molecular weight is 445 g/mol. The van der Waals surface area contributed by atoms with Gasteiger partial charge in [-0.05, 0) is 57.9 Å². The minimum Gasteiger partial charge on any atom is -0.298 e. The van der Waals surface area contributed by atoms with Gasteiger partial charge >= 0.3 is 0 Å². The predicted molar refractivity (Wildman–Crippen MR) is 145 cm³/mol. The molecule has 0 fully saturated rings. The van der Waals surface area contributed by atoms with Gasteiger partial charge < -0.3 is 0 Å². The lowest BCUT2D eigenvalue weighted by molar-refractivity contribution is 0.320. The van der Waals surface area contributed by atoms with E-state index < -0.39 is 0 Å². The van der Waals surface area contributed by atoms with Gasteiger partial charge in [0.05, 0.1) is 0 Å². The van der Waals surface area contributed by atoms with Crippen LogP contribution >= 0.6 is 0 Å². The first-order valence-electron chi connectivity index (χ1n) is 12.0. The number of hydrogen-bond donors (Lipinski definition) is 0. The van der Waals surface area contributed by atoms with Crippen molar-refractivity contribution in [2.75, 3.05) is 14.1 Å². The second-order valence-electron chi connectivity index (χ2n) is 9.36. The molecular formula is C32H32N2. The molecule has 0 aliphatic heterocycles. The maximum Gasteiger partial charge on any atom is 0.0246 e. The van der Waals surface area contributed by atoms with Gasteiger partial charge in [-0.15, -0.1) is 0 Å². The third-order valence-corrected chi connectivity index (χ3v) is 6.60. The van der Waals surface area contributed by atoms with Gasteiger partial charge in [-0.3, -0.25) is 9.80 Å². The summed E-state index contributed by atoms with van der Waals surface area (Å²) in [4.78, 5) is 4.84. The Morgan fingerprint density at radius 3 is 1.00 bits per heavy atom. The molecule has 170 valence electrons. The van der Waals surface area contributed by atoms with Crippen LogP contribution in [0.15, 0.2) is 109 Å². The molecule has 0 amide bonds. The van der Waals surface area contributed by atoms with Crippen molar-refractivity contribution < 1.29 is 0 Å². The van der Waals surface area contributed by atoms with Crippen LogP contribution in [0.25, 0.3) is 21.5 Å². The Bertz CT molecular complexity index is 1210. The molecule has 0 heterocycles. The van der Waals surface area contributed by atoms with Crippen LogP contribution in [0.5, 0.6) is 0 Å². The van der Waals surface area contributed by atoms with Gasteiger partial charge in [0.2, 0.25) is 0 Å². The summed E-state index contributed by atoms with van der Waals surface area (Å²) in [5, 5.41) is 5.46. The Hall–Kier alpha value is -3.46. The summed E-state index contributed by atoms with van der Waals surface area (Å²) in [6, 6.07) is 39.4. The van der Waals surface area contributed by atoms with Crippen molar-refractivity contribution in [2.24, 2.45) is 0 Å². The summed E-state index contributed by atoms with van der Waals surface area (Å²) in [6.45, 7) is 3.70. The number of rotatable bonds is 8. The number of fused-ring (bicyclic) bond motifs is 2. The van der Waals surface area contributed by atoms with E-state index in [4.69, 9.17) is 0 Å². The topological polar surface area (TPSA) is 6.48 Å². The highest BCUT2D eigenvalue weighted by Crippen LogP contribution is 2.34. The molecule has 5 aromatic carbocycles. The summed E-state index contributed by atoms with van der Waals surface area (Å²) in [5.41, 5.74) is 5.52. The van der Waals surface area contributed by atoms with Crippen LogP contribution in [-0.4, -0.2) is 23.9 Å². The molecule has 0 aliphatic rings. The van der Waals surface area contributed by atoms with Gasteiger partial charge in [0, 0.05) is 26.2 Å². The lowest BCUT2D eigenvalue weighted by Gasteiger charge is -2.24. The molecule has 0 N–H and O–H groups in total. The Morgan fingerprint density at radius 1 is 0.382 bits per heavy atom. The summed E-state index contributed by atoms with van der Waals surface area (Å²) in [7, 11) is 4.44. The van der Waals surface area contributed by atoms with Gasteiger partial charge in [0.1, 0.15) is 0 Å². The smallest absolute Gasteiger partial charge is 0.0246 e. The van der Waals surface area contributed by atoms with E-state index in [9.17, 15) is 0 Å². The van der Waals surface area contributed by atoms with Crippen molar-refractivity contribution in [3.05, 3.63) is 131 Å². The Labute approximate surface area is 203 Å². The molecule has 2 nitrogen and oxygen atoms in total. The van der Waals surface area contributed by atoms with E-state index in [-0.39, 0.29) is 0 Å². The molecule has 0 spiro atoms. The standard InChI is InChI=1S/C32H32N2/c1-33(21-25-13-5-3-6-14-25)23-31-27-17-9-11-19-29(27)32(30-20-12-10-18-28(30)31)24-34(2)22-26-15-7-4-8-16-26/h3-20H,21-24H2,1-2H3. The highest BCUT2D eigenvalue weighted by Gasteiger charge is 2.16. The summed E-state index contributed by atoms with van der Waals surface area (Å²) in [5.74, 6) is 0. The van der Waals surface area contributed by atoms with Crippen LogP contribution in [0.2, 0.25) is 0 Å². The van der Waals surface area contributed by atoms with Gasteiger partial charge in [0.25, 0.3) is 0 Å². The number of hydrogen-bond acceptors (Lipinski definition) is 2. The first kappa shape index (κ1) is 22.3. The predicted octanol–water partition coefficient (Wildman–Crippen LogP) is 7.26. The number of benzene rings is 5. The minimum absolute atomic E-state index is 0.913. The molecule has 0 atom stereocenters. The molecule has 0 bridgehead atoms. The van der Waals surface area contributed by atoms with Crippen molar-refractivity contribution in [1.82, 2.24) is 9.80 Å². The monoisotopic (exact) mass is 444 g/mol. The van der Waals surface area contributed by atoms with Gasteiger partial charge in [-0.25, -0.2) is 0 Å². The first-order chi connectivity index (χ1) is 16.7. The molecule has 5 aromatic rings. The van der Waals surface area contributed by atoms with E-state index in [0.29, 0.717) is 0 Å². The van der Waals surface area contributed by atoms with Crippen molar-refractivity contribution in [2.45, 2.75) is 26.2 Å². The Balaban J connectivity index is 1.53. The van der Waals surface area contributed by atoms with Crippen molar-refractivity contribution >= 4 is 21.5 Å². The summed E-state index contributed by atoms with van der Waals surface area (Å²) in [6.07, 6.45) is 0. The van der Waals surface area contributed by atoms with Crippen LogP contribution in [-0.2, 0) is 26.2 Å². The summed E-state index contributed by atoms with van der Waals surface area (Å²) < 4.78 is 0. The van der Waals surface area contributed by atoms with E-state index in [1.807, 2.05) is 0 Å². The lowest BCUT2D eigenvalue weighted by atomic mass is 9.91. The minimum atomic E-state index is 0.913. The van der Waals surface area contributed by atoms with E-state index in [2.05, 4.69) is 133 Å². The second kappa shape index (κ2) is 10.2. The third kappa shape index (κ3) is 4.89. The number of nitrogens with zero attached hydrogens (tertiary/aromatic N) is 2. The fourth-order valence-electron chi connectivity index (χ4n) is 5.09. The lowest BCUT2D eigenvalue weighted by Crippen LogP contribution is -2.19. The van der Waals surface area contributed by atoms with Gasteiger partial charge in [-0.1, -0.05) is 109 Å². The second-order valence-corrected chi connectivity index (χ2v) is 9.36. The van der Waals surface area contributed by atoms with Crippen molar-refractivity contribution in [3.63, 3.8) is 0 Å². The Morgan fingerprint density at radius 2 is 0.676 bits per heavy atom. The molecule has 2 heteroatoms. The zero-order chi connectivity index (χ0) is 23.3. The Kier molecular flexibility index (Phi) is 6.71. The fraction of sp³-hybridized carbons (Fsp3) is 0.188. The maximum absolute atomic E-state index is 2.42. The quantitative estimate of drug-likeness (QED) is 0.232. The van der Waals surface area contributed by atoms with Crippen LogP contribution in [0.1, 0.15) is 22.3 Å².